The molecule has 7 nitrogen and oxygen atoms in total. The number of fused-ring (bicyclic) bond motifs is 1. The molecule has 7 heteroatoms. The summed E-state index contributed by atoms with van der Waals surface area (Å²) >= 11 is 0. The largest absolute Gasteiger partial charge is 0.421 e. The topological polar surface area (TPSA) is 94.2 Å². The Morgan fingerprint density at radius 3 is 2.52 bits per heavy atom. The van der Waals surface area contributed by atoms with E-state index in [4.69, 9.17) is 4.42 Å². The Balaban J connectivity index is 1.64. The monoisotopic (exact) mass is 387 g/mol. The average molecular weight is 387 g/mol. The number of amides is 1. The van der Waals surface area contributed by atoms with Crippen LogP contribution in [0.1, 0.15) is 13.0 Å². The maximum atomic E-state index is 12.7. The molecule has 0 saturated heterocycles. The highest BCUT2D eigenvalue weighted by atomic mass is 16.4. The summed E-state index contributed by atoms with van der Waals surface area (Å²) in [5.74, 6) is -0.549. The zero-order valence-electron chi connectivity index (χ0n) is 15.5. The molecule has 29 heavy (non-hydrogen) atoms. The van der Waals surface area contributed by atoms with Gasteiger partial charge < -0.3 is 9.73 Å². The van der Waals surface area contributed by atoms with Crippen LogP contribution in [-0.2, 0) is 4.79 Å². The lowest BCUT2D eigenvalue weighted by atomic mass is 10.1. The lowest BCUT2D eigenvalue weighted by Crippen LogP contribution is -2.34. The van der Waals surface area contributed by atoms with Crippen molar-refractivity contribution in [3.63, 3.8) is 0 Å². The molecule has 0 aliphatic rings. The Bertz CT molecular complexity index is 1310. The second-order valence-corrected chi connectivity index (χ2v) is 6.52. The van der Waals surface area contributed by atoms with Gasteiger partial charge in [-0.15, -0.1) is 0 Å². The number of hydrogen-bond donors (Lipinski definition) is 1. The zero-order valence-corrected chi connectivity index (χ0v) is 15.5. The molecular formula is C22H17N3O4. The fourth-order valence-corrected chi connectivity index (χ4v) is 2.96. The molecule has 0 unspecified atom stereocenters. The molecule has 1 amide bonds. The molecule has 0 fully saturated rings. The number of benzene rings is 2. The number of rotatable bonds is 4. The summed E-state index contributed by atoms with van der Waals surface area (Å²) in [5.41, 5.74) is 0.740. The SMILES string of the molecule is C[C@H](C(=O)Nc1cc2ccccc2oc1=O)n1nc(-c2ccccc2)ccc1=O. The number of nitrogens with zero attached hydrogens (tertiary/aromatic N) is 2. The number of hydrogen-bond acceptors (Lipinski definition) is 5. The highest BCUT2D eigenvalue weighted by Crippen LogP contribution is 2.17. The third kappa shape index (κ3) is 3.70. The minimum atomic E-state index is -0.933. The highest BCUT2D eigenvalue weighted by molar-refractivity contribution is 5.94. The van der Waals surface area contributed by atoms with Crippen LogP contribution >= 0.6 is 0 Å². The highest BCUT2D eigenvalue weighted by Gasteiger charge is 2.20. The molecule has 0 aliphatic carbocycles. The first-order valence-electron chi connectivity index (χ1n) is 9.02. The van der Waals surface area contributed by atoms with Gasteiger partial charge in [-0.05, 0) is 25.1 Å². The quantitative estimate of drug-likeness (QED) is 0.543. The standard InChI is InChI=1S/C22H17N3O4/c1-14(25-20(26)12-11-17(24-25)15-7-3-2-4-8-15)21(27)23-18-13-16-9-5-6-10-19(16)29-22(18)28/h2-14H,1H3,(H,23,27)/t14-/m1/s1. The van der Waals surface area contributed by atoms with E-state index in [1.807, 2.05) is 30.3 Å². The molecule has 144 valence electrons. The molecule has 0 bridgehead atoms. The van der Waals surface area contributed by atoms with Crippen LogP contribution in [0.4, 0.5) is 5.69 Å². The fourth-order valence-electron chi connectivity index (χ4n) is 2.96. The first-order chi connectivity index (χ1) is 14.0. The Labute approximate surface area is 165 Å². The number of anilines is 1. The van der Waals surface area contributed by atoms with Gasteiger partial charge in [0.15, 0.2) is 0 Å². The third-order valence-corrected chi connectivity index (χ3v) is 4.54. The average Bonchev–Trinajstić information content (AvgIpc) is 2.74. The van der Waals surface area contributed by atoms with E-state index in [0.717, 1.165) is 10.2 Å². The summed E-state index contributed by atoms with van der Waals surface area (Å²) in [6.45, 7) is 1.54. The fraction of sp³-hybridized carbons (Fsp3) is 0.0909. The predicted octanol–water partition coefficient (Wildman–Crippen LogP) is 3.22. The number of carbonyl (C=O) groups is 1. The Morgan fingerprint density at radius 2 is 1.72 bits per heavy atom. The van der Waals surface area contributed by atoms with Crippen molar-refractivity contribution in [1.29, 1.82) is 0 Å². The van der Waals surface area contributed by atoms with Crippen molar-refractivity contribution in [2.75, 3.05) is 5.32 Å². The normalized spacial score (nSPS) is 11.9. The Hall–Kier alpha value is -4.00. The molecule has 0 spiro atoms. The molecule has 2 heterocycles. The smallest absolute Gasteiger partial charge is 0.360 e. The van der Waals surface area contributed by atoms with E-state index >= 15 is 0 Å². The van der Waals surface area contributed by atoms with Crippen LogP contribution in [0.2, 0.25) is 0 Å². The summed E-state index contributed by atoms with van der Waals surface area (Å²) < 4.78 is 6.32. The molecular weight excluding hydrogens is 370 g/mol. The summed E-state index contributed by atoms with van der Waals surface area (Å²) in [6.07, 6.45) is 0. The van der Waals surface area contributed by atoms with Crippen LogP contribution in [0.5, 0.6) is 0 Å². The molecule has 4 rings (SSSR count). The predicted molar refractivity (Wildman–Crippen MR) is 110 cm³/mol. The van der Waals surface area contributed by atoms with E-state index in [2.05, 4.69) is 10.4 Å². The van der Waals surface area contributed by atoms with Crippen molar-refractivity contribution in [3.8, 4) is 11.3 Å². The second kappa shape index (κ2) is 7.55. The maximum Gasteiger partial charge on any atom is 0.360 e. The van der Waals surface area contributed by atoms with Crippen molar-refractivity contribution in [2.45, 2.75) is 13.0 Å². The molecule has 1 atom stereocenters. The van der Waals surface area contributed by atoms with Gasteiger partial charge in [0, 0.05) is 17.0 Å². The first kappa shape index (κ1) is 18.4. The van der Waals surface area contributed by atoms with Gasteiger partial charge in [0.25, 0.3) is 5.56 Å². The van der Waals surface area contributed by atoms with Crippen molar-refractivity contribution < 1.29 is 9.21 Å². The Kier molecular flexibility index (Phi) is 4.78. The molecule has 4 aromatic rings. The number of aromatic nitrogens is 2. The number of nitrogens with one attached hydrogen (secondary N) is 1. The summed E-state index contributed by atoms with van der Waals surface area (Å²) in [4.78, 5) is 37.2. The van der Waals surface area contributed by atoms with Crippen molar-refractivity contribution >= 4 is 22.6 Å². The van der Waals surface area contributed by atoms with Gasteiger partial charge in [0.1, 0.15) is 17.3 Å². The molecule has 2 aromatic carbocycles. The van der Waals surface area contributed by atoms with Gasteiger partial charge in [0.2, 0.25) is 5.91 Å². The van der Waals surface area contributed by atoms with E-state index in [-0.39, 0.29) is 5.69 Å². The third-order valence-electron chi connectivity index (χ3n) is 4.54. The van der Waals surface area contributed by atoms with Crippen LogP contribution in [-0.4, -0.2) is 15.7 Å². The van der Waals surface area contributed by atoms with Crippen molar-refractivity contribution in [1.82, 2.24) is 9.78 Å². The van der Waals surface area contributed by atoms with Gasteiger partial charge in [0.05, 0.1) is 5.69 Å². The van der Waals surface area contributed by atoms with Gasteiger partial charge >= 0.3 is 5.63 Å². The van der Waals surface area contributed by atoms with Crippen molar-refractivity contribution in [3.05, 3.63) is 93.6 Å². The van der Waals surface area contributed by atoms with Crippen LogP contribution in [0.25, 0.3) is 22.2 Å². The molecule has 0 radical (unpaired) electrons. The van der Waals surface area contributed by atoms with E-state index in [0.29, 0.717) is 16.7 Å². The van der Waals surface area contributed by atoms with Crippen LogP contribution in [0, 0.1) is 0 Å². The summed E-state index contributed by atoms with van der Waals surface area (Å²) in [5, 5.41) is 7.54. The van der Waals surface area contributed by atoms with Gasteiger partial charge in [-0.2, -0.15) is 5.10 Å². The number of para-hydroxylation sites is 1. The minimum Gasteiger partial charge on any atom is -0.421 e. The van der Waals surface area contributed by atoms with Gasteiger partial charge in [-0.25, -0.2) is 9.48 Å². The summed E-state index contributed by atoms with van der Waals surface area (Å²) in [6, 6.07) is 19.9. The van der Waals surface area contributed by atoms with E-state index < -0.39 is 23.1 Å². The lowest BCUT2D eigenvalue weighted by molar-refractivity contribution is -0.119. The van der Waals surface area contributed by atoms with Gasteiger partial charge in [-0.3, -0.25) is 9.59 Å². The van der Waals surface area contributed by atoms with Crippen LogP contribution in [0.3, 0.4) is 0 Å². The lowest BCUT2D eigenvalue weighted by Gasteiger charge is -2.14. The molecule has 0 aliphatic heterocycles. The Morgan fingerprint density at radius 1 is 1.00 bits per heavy atom. The minimum absolute atomic E-state index is 0.00723. The van der Waals surface area contributed by atoms with E-state index in [9.17, 15) is 14.4 Å². The van der Waals surface area contributed by atoms with Crippen LogP contribution < -0.4 is 16.5 Å². The number of carbonyl (C=O) groups excluding carboxylic acids is 1. The molecule has 2 aromatic heterocycles. The molecule has 1 N–H and O–H groups in total. The second-order valence-electron chi connectivity index (χ2n) is 6.52. The maximum absolute atomic E-state index is 12.7. The molecule has 0 saturated carbocycles. The first-order valence-corrected chi connectivity index (χ1v) is 9.02. The van der Waals surface area contributed by atoms with Crippen LogP contribution in [0.15, 0.2) is 86.8 Å². The zero-order chi connectivity index (χ0) is 20.4. The van der Waals surface area contributed by atoms with Crippen molar-refractivity contribution in [2.24, 2.45) is 0 Å². The van der Waals surface area contributed by atoms with E-state index in [1.54, 1.807) is 43.3 Å². The van der Waals surface area contributed by atoms with Gasteiger partial charge in [-0.1, -0.05) is 48.5 Å². The summed E-state index contributed by atoms with van der Waals surface area (Å²) in [7, 11) is 0. The van der Waals surface area contributed by atoms with E-state index in [1.165, 1.54) is 6.07 Å².